The molecular formula is C15H17N5. The van der Waals surface area contributed by atoms with Crippen LogP contribution in [0.25, 0.3) is 0 Å². The number of anilines is 3. The Morgan fingerprint density at radius 2 is 1.85 bits per heavy atom. The first-order valence-electron chi connectivity index (χ1n) is 6.47. The van der Waals surface area contributed by atoms with Gasteiger partial charge in [0.05, 0.1) is 12.5 Å². The second-order valence-electron chi connectivity index (χ2n) is 4.52. The zero-order chi connectivity index (χ0) is 14.4. The fourth-order valence-corrected chi connectivity index (χ4v) is 1.91. The van der Waals surface area contributed by atoms with Gasteiger partial charge in [0.1, 0.15) is 18.0 Å². The minimum atomic E-state index is 0.448. The number of para-hydroxylation sites is 1. The van der Waals surface area contributed by atoms with Gasteiger partial charge in [-0.3, -0.25) is 0 Å². The van der Waals surface area contributed by atoms with Gasteiger partial charge < -0.3 is 10.6 Å². The number of benzene rings is 1. The van der Waals surface area contributed by atoms with Crippen molar-refractivity contribution in [3.63, 3.8) is 0 Å². The molecule has 0 spiro atoms. The SMILES string of the molecule is Cc1cccc(C)c1Nc1cc(NCCC#N)ncn1. The lowest BCUT2D eigenvalue weighted by Gasteiger charge is -2.12. The molecule has 2 rings (SSSR count). The van der Waals surface area contributed by atoms with Gasteiger partial charge in [-0.05, 0) is 25.0 Å². The minimum absolute atomic E-state index is 0.448. The van der Waals surface area contributed by atoms with E-state index < -0.39 is 0 Å². The van der Waals surface area contributed by atoms with Crippen molar-refractivity contribution in [3.8, 4) is 6.07 Å². The van der Waals surface area contributed by atoms with Crippen molar-refractivity contribution in [1.29, 1.82) is 5.26 Å². The molecule has 2 aromatic rings. The molecular weight excluding hydrogens is 250 g/mol. The molecule has 0 aliphatic heterocycles. The zero-order valence-electron chi connectivity index (χ0n) is 11.6. The molecule has 1 aromatic heterocycles. The molecule has 1 aromatic carbocycles. The molecule has 0 saturated heterocycles. The maximum atomic E-state index is 8.52. The number of aromatic nitrogens is 2. The van der Waals surface area contributed by atoms with Crippen LogP contribution < -0.4 is 10.6 Å². The monoisotopic (exact) mass is 267 g/mol. The van der Waals surface area contributed by atoms with E-state index in [1.807, 2.05) is 12.1 Å². The van der Waals surface area contributed by atoms with Crippen molar-refractivity contribution in [1.82, 2.24) is 9.97 Å². The first kappa shape index (κ1) is 13.8. The van der Waals surface area contributed by atoms with Crippen LogP contribution in [0.3, 0.4) is 0 Å². The van der Waals surface area contributed by atoms with Gasteiger partial charge in [-0.25, -0.2) is 9.97 Å². The third-order valence-corrected chi connectivity index (χ3v) is 2.94. The normalized spacial score (nSPS) is 9.85. The number of hydrogen-bond acceptors (Lipinski definition) is 5. The number of aryl methyl sites for hydroxylation is 2. The van der Waals surface area contributed by atoms with Crippen LogP contribution in [0.4, 0.5) is 17.3 Å². The summed E-state index contributed by atoms with van der Waals surface area (Å²) in [5.41, 5.74) is 3.40. The molecule has 0 fully saturated rings. The Balaban J connectivity index is 2.14. The van der Waals surface area contributed by atoms with Crippen LogP contribution >= 0.6 is 0 Å². The van der Waals surface area contributed by atoms with Crippen molar-refractivity contribution < 1.29 is 0 Å². The Labute approximate surface area is 118 Å². The quantitative estimate of drug-likeness (QED) is 0.814. The van der Waals surface area contributed by atoms with Crippen LogP contribution in [-0.2, 0) is 0 Å². The summed E-state index contributed by atoms with van der Waals surface area (Å²) >= 11 is 0. The van der Waals surface area contributed by atoms with E-state index in [0.29, 0.717) is 18.8 Å². The molecule has 5 heteroatoms. The second kappa shape index (κ2) is 6.53. The van der Waals surface area contributed by atoms with E-state index in [1.54, 1.807) is 0 Å². The topological polar surface area (TPSA) is 73.6 Å². The van der Waals surface area contributed by atoms with Gasteiger partial charge in [0.2, 0.25) is 0 Å². The lowest BCUT2D eigenvalue weighted by molar-refractivity contribution is 1.04. The molecule has 0 bridgehead atoms. The maximum Gasteiger partial charge on any atom is 0.135 e. The number of nitriles is 1. The lowest BCUT2D eigenvalue weighted by Crippen LogP contribution is -2.04. The highest BCUT2D eigenvalue weighted by molar-refractivity contribution is 5.65. The molecule has 0 amide bonds. The van der Waals surface area contributed by atoms with E-state index in [1.165, 1.54) is 17.5 Å². The molecule has 0 unspecified atom stereocenters. The van der Waals surface area contributed by atoms with E-state index in [9.17, 15) is 0 Å². The second-order valence-corrected chi connectivity index (χ2v) is 4.52. The third kappa shape index (κ3) is 3.45. The molecule has 0 saturated carbocycles. The lowest BCUT2D eigenvalue weighted by atomic mass is 10.1. The van der Waals surface area contributed by atoms with Crippen LogP contribution in [0, 0.1) is 25.2 Å². The van der Waals surface area contributed by atoms with Crippen LogP contribution in [0.1, 0.15) is 17.5 Å². The molecule has 1 heterocycles. The highest BCUT2D eigenvalue weighted by Crippen LogP contribution is 2.23. The van der Waals surface area contributed by atoms with Crippen LogP contribution in [0.15, 0.2) is 30.6 Å². The standard InChI is InChI=1S/C15H17N5/c1-11-5-3-6-12(2)15(11)20-14-9-13(18-10-19-14)17-8-4-7-16/h3,5-6,9-10H,4,8H2,1-2H3,(H2,17,18,19,20). The van der Waals surface area contributed by atoms with Crippen LogP contribution in [-0.4, -0.2) is 16.5 Å². The summed E-state index contributed by atoms with van der Waals surface area (Å²) < 4.78 is 0. The number of rotatable bonds is 5. The zero-order valence-corrected chi connectivity index (χ0v) is 11.6. The summed E-state index contributed by atoms with van der Waals surface area (Å²) in [6.07, 6.45) is 1.95. The average molecular weight is 267 g/mol. The smallest absolute Gasteiger partial charge is 0.135 e. The van der Waals surface area contributed by atoms with Gasteiger partial charge in [-0.2, -0.15) is 5.26 Å². The summed E-state index contributed by atoms with van der Waals surface area (Å²) in [5.74, 6) is 1.45. The van der Waals surface area contributed by atoms with Crippen molar-refractivity contribution in [2.45, 2.75) is 20.3 Å². The molecule has 20 heavy (non-hydrogen) atoms. The van der Waals surface area contributed by atoms with E-state index in [4.69, 9.17) is 5.26 Å². The highest BCUT2D eigenvalue weighted by Gasteiger charge is 2.04. The van der Waals surface area contributed by atoms with Gasteiger partial charge >= 0.3 is 0 Å². The molecule has 0 aliphatic carbocycles. The Morgan fingerprint density at radius 1 is 1.15 bits per heavy atom. The Bertz CT molecular complexity index is 610. The molecule has 5 nitrogen and oxygen atoms in total. The largest absolute Gasteiger partial charge is 0.369 e. The predicted octanol–water partition coefficient (Wildman–Crippen LogP) is 3.16. The molecule has 0 radical (unpaired) electrons. The van der Waals surface area contributed by atoms with E-state index in [-0.39, 0.29) is 0 Å². The molecule has 2 N–H and O–H groups in total. The molecule has 0 aliphatic rings. The van der Waals surface area contributed by atoms with Gasteiger partial charge in [0.25, 0.3) is 0 Å². The predicted molar refractivity (Wildman–Crippen MR) is 80.0 cm³/mol. The number of nitrogens with one attached hydrogen (secondary N) is 2. The van der Waals surface area contributed by atoms with Gasteiger partial charge in [-0.1, -0.05) is 18.2 Å². The third-order valence-electron chi connectivity index (χ3n) is 2.94. The van der Waals surface area contributed by atoms with Crippen molar-refractivity contribution in [2.75, 3.05) is 17.2 Å². The van der Waals surface area contributed by atoms with Gasteiger partial charge in [-0.15, -0.1) is 0 Å². The van der Waals surface area contributed by atoms with Gasteiger partial charge in [0.15, 0.2) is 0 Å². The highest BCUT2D eigenvalue weighted by atomic mass is 15.1. The number of nitrogens with zero attached hydrogens (tertiary/aromatic N) is 3. The molecule has 0 atom stereocenters. The van der Waals surface area contributed by atoms with Gasteiger partial charge in [0, 0.05) is 18.3 Å². The summed E-state index contributed by atoms with van der Waals surface area (Å²) in [5, 5.41) is 14.9. The van der Waals surface area contributed by atoms with E-state index >= 15 is 0 Å². The van der Waals surface area contributed by atoms with Crippen molar-refractivity contribution >= 4 is 17.3 Å². The molecule has 102 valence electrons. The fourth-order valence-electron chi connectivity index (χ4n) is 1.91. The van der Waals surface area contributed by atoms with E-state index in [2.05, 4.69) is 52.7 Å². The Kier molecular flexibility index (Phi) is 4.51. The minimum Gasteiger partial charge on any atom is -0.369 e. The summed E-state index contributed by atoms with van der Waals surface area (Å²) in [7, 11) is 0. The van der Waals surface area contributed by atoms with Crippen molar-refractivity contribution in [2.24, 2.45) is 0 Å². The van der Waals surface area contributed by atoms with Crippen LogP contribution in [0.2, 0.25) is 0 Å². The van der Waals surface area contributed by atoms with E-state index in [0.717, 1.165) is 11.5 Å². The first-order chi connectivity index (χ1) is 9.70. The van der Waals surface area contributed by atoms with Crippen molar-refractivity contribution in [3.05, 3.63) is 41.7 Å². The Hall–Kier alpha value is -2.61. The summed E-state index contributed by atoms with van der Waals surface area (Å²) in [4.78, 5) is 8.34. The first-order valence-corrected chi connectivity index (χ1v) is 6.47. The maximum absolute atomic E-state index is 8.52. The fraction of sp³-hybridized carbons (Fsp3) is 0.267. The van der Waals surface area contributed by atoms with Crippen LogP contribution in [0.5, 0.6) is 0 Å². The Morgan fingerprint density at radius 3 is 2.55 bits per heavy atom. The summed E-state index contributed by atoms with van der Waals surface area (Å²) in [6, 6.07) is 10.1. The summed E-state index contributed by atoms with van der Waals surface area (Å²) in [6.45, 7) is 4.70. The average Bonchev–Trinajstić information content (AvgIpc) is 2.44. The number of hydrogen-bond donors (Lipinski definition) is 2.